The fourth-order valence-electron chi connectivity index (χ4n) is 2.70. The summed E-state index contributed by atoms with van der Waals surface area (Å²) in [6, 6.07) is 0. The van der Waals surface area contributed by atoms with Crippen molar-refractivity contribution in [2.75, 3.05) is 27.4 Å². The number of hydrogen-bond donors (Lipinski definition) is 2. The quantitative estimate of drug-likeness (QED) is 0.752. The van der Waals surface area contributed by atoms with Gasteiger partial charge in [-0.2, -0.15) is 0 Å². The first kappa shape index (κ1) is 27.2. The van der Waals surface area contributed by atoms with Gasteiger partial charge in [-0.1, -0.05) is 48.0 Å². The molecule has 1 saturated carbocycles. The predicted molar refractivity (Wildman–Crippen MR) is 95.4 cm³/mol. The molecule has 0 bridgehead atoms. The number of aliphatic hydroxyl groups is 2. The molecule has 1 fully saturated rings. The normalized spacial score (nSPS) is 21.3. The van der Waals surface area contributed by atoms with Gasteiger partial charge in [0.05, 0.1) is 26.4 Å². The van der Waals surface area contributed by atoms with Crippen LogP contribution in [0.2, 0.25) is 0 Å². The van der Waals surface area contributed by atoms with Crippen LogP contribution in [0.1, 0.15) is 67.2 Å². The third kappa shape index (κ3) is 10.7. The van der Waals surface area contributed by atoms with E-state index < -0.39 is 0 Å². The van der Waals surface area contributed by atoms with Gasteiger partial charge in [-0.05, 0) is 24.2 Å². The van der Waals surface area contributed by atoms with E-state index in [2.05, 4.69) is 13.8 Å². The summed E-state index contributed by atoms with van der Waals surface area (Å²) in [5, 5.41) is 15.8. The van der Waals surface area contributed by atoms with Crippen LogP contribution in [-0.2, 0) is 14.3 Å². The molecule has 1 aliphatic rings. The van der Waals surface area contributed by atoms with Gasteiger partial charge >= 0.3 is 5.97 Å². The first-order valence-electron chi connectivity index (χ1n) is 8.76. The molecule has 0 radical (unpaired) electrons. The Morgan fingerprint density at radius 1 is 1.13 bits per heavy atom. The van der Waals surface area contributed by atoms with Crippen LogP contribution in [0.15, 0.2) is 0 Å². The minimum Gasteiger partial charge on any atom is -0.469 e. The van der Waals surface area contributed by atoms with Gasteiger partial charge in [0, 0.05) is 13.5 Å². The smallest absolute Gasteiger partial charge is 0.305 e. The van der Waals surface area contributed by atoms with Crippen molar-refractivity contribution in [2.45, 2.75) is 73.3 Å². The van der Waals surface area contributed by atoms with Crippen molar-refractivity contribution in [3.05, 3.63) is 0 Å². The molecule has 142 valence electrons. The SMILES string of the molecule is CC.CC.CO.COC(=O)CC1CCCC(OCCO)C1(C)C. The number of hydrogen-bond acceptors (Lipinski definition) is 5. The second kappa shape index (κ2) is 17.7. The summed E-state index contributed by atoms with van der Waals surface area (Å²) in [4.78, 5) is 11.4. The number of rotatable bonds is 5. The van der Waals surface area contributed by atoms with Gasteiger partial charge in [0.1, 0.15) is 0 Å². The van der Waals surface area contributed by atoms with Crippen LogP contribution in [0.5, 0.6) is 0 Å². The Morgan fingerprint density at radius 3 is 2.09 bits per heavy atom. The molecule has 0 saturated heterocycles. The third-order valence-electron chi connectivity index (χ3n) is 3.95. The average Bonchev–Trinajstić information content (AvgIpc) is 2.60. The lowest BCUT2D eigenvalue weighted by Crippen LogP contribution is -2.43. The third-order valence-corrected chi connectivity index (χ3v) is 3.95. The van der Waals surface area contributed by atoms with E-state index >= 15 is 0 Å². The van der Waals surface area contributed by atoms with Crippen molar-refractivity contribution in [2.24, 2.45) is 11.3 Å². The largest absolute Gasteiger partial charge is 0.469 e. The Bertz CT molecular complexity index is 254. The van der Waals surface area contributed by atoms with Crippen LogP contribution < -0.4 is 0 Å². The molecule has 5 nitrogen and oxygen atoms in total. The van der Waals surface area contributed by atoms with E-state index in [-0.39, 0.29) is 24.1 Å². The molecule has 0 aromatic rings. The Kier molecular flexibility index (Phi) is 20.9. The fraction of sp³-hybridized carbons (Fsp3) is 0.944. The lowest BCUT2D eigenvalue weighted by atomic mass is 9.65. The highest BCUT2D eigenvalue weighted by molar-refractivity contribution is 5.69. The second-order valence-corrected chi connectivity index (χ2v) is 5.31. The highest BCUT2D eigenvalue weighted by atomic mass is 16.5. The van der Waals surface area contributed by atoms with E-state index in [0.29, 0.717) is 18.9 Å². The van der Waals surface area contributed by atoms with Crippen molar-refractivity contribution < 1.29 is 24.5 Å². The zero-order valence-corrected chi connectivity index (χ0v) is 16.5. The lowest BCUT2D eigenvalue weighted by molar-refractivity contribution is -0.146. The van der Waals surface area contributed by atoms with Gasteiger partial charge in [-0.3, -0.25) is 4.79 Å². The van der Waals surface area contributed by atoms with Gasteiger partial charge < -0.3 is 19.7 Å². The van der Waals surface area contributed by atoms with Gasteiger partial charge in [0.15, 0.2) is 0 Å². The van der Waals surface area contributed by atoms with Crippen LogP contribution in [0.4, 0.5) is 0 Å². The van der Waals surface area contributed by atoms with E-state index in [4.69, 9.17) is 19.7 Å². The molecule has 0 heterocycles. The molecule has 0 aromatic heterocycles. The van der Waals surface area contributed by atoms with Gasteiger partial charge in [0.2, 0.25) is 0 Å². The molecule has 23 heavy (non-hydrogen) atoms. The minimum atomic E-state index is -0.147. The summed E-state index contributed by atoms with van der Waals surface area (Å²) >= 11 is 0. The number of carbonyl (C=O) groups is 1. The zero-order chi connectivity index (χ0) is 18.9. The highest BCUT2D eigenvalue weighted by Gasteiger charge is 2.41. The Morgan fingerprint density at radius 2 is 1.65 bits per heavy atom. The van der Waals surface area contributed by atoms with Crippen molar-refractivity contribution in [3.8, 4) is 0 Å². The van der Waals surface area contributed by atoms with Crippen molar-refractivity contribution in [1.82, 2.24) is 0 Å². The monoisotopic (exact) mass is 336 g/mol. The lowest BCUT2D eigenvalue weighted by Gasteiger charge is -2.44. The van der Waals surface area contributed by atoms with Crippen molar-refractivity contribution in [1.29, 1.82) is 0 Å². The van der Waals surface area contributed by atoms with Crippen LogP contribution in [0.3, 0.4) is 0 Å². The Labute approximate surface area is 143 Å². The predicted octanol–water partition coefficient (Wildman–Crippen LogP) is 3.41. The van der Waals surface area contributed by atoms with Crippen molar-refractivity contribution in [3.63, 3.8) is 0 Å². The van der Waals surface area contributed by atoms with Crippen LogP contribution in [-0.4, -0.2) is 49.7 Å². The standard InChI is InChI=1S/C13H24O4.2C2H6.CH4O/c1-13(2)10(9-12(15)16-3)5-4-6-11(13)17-8-7-14;3*1-2/h10-11,14H,4-9H2,1-3H3;2*1-2H3;2H,1H3. The summed E-state index contributed by atoms with van der Waals surface area (Å²) in [5.41, 5.74) is -0.0401. The van der Waals surface area contributed by atoms with E-state index in [1.165, 1.54) is 7.11 Å². The van der Waals surface area contributed by atoms with E-state index in [1.807, 2.05) is 27.7 Å². The zero-order valence-electron chi connectivity index (χ0n) is 16.5. The molecular formula is C18H40O5. The maximum absolute atomic E-state index is 11.4. The molecule has 2 N–H and O–H groups in total. The summed E-state index contributed by atoms with van der Waals surface area (Å²) in [6.07, 6.45) is 3.70. The van der Waals surface area contributed by atoms with Gasteiger partial charge in [-0.25, -0.2) is 0 Å². The number of esters is 1. The summed E-state index contributed by atoms with van der Waals surface area (Å²) in [5.74, 6) is 0.151. The molecule has 0 spiro atoms. The topological polar surface area (TPSA) is 76.0 Å². The van der Waals surface area contributed by atoms with Gasteiger partial charge in [0.25, 0.3) is 0 Å². The highest BCUT2D eigenvalue weighted by Crippen LogP contribution is 2.44. The van der Waals surface area contributed by atoms with Crippen LogP contribution in [0.25, 0.3) is 0 Å². The van der Waals surface area contributed by atoms with E-state index in [1.54, 1.807) is 0 Å². The van der Waals surface area contributed by atoms with E-state index in [0.717, 1.165) is 26.4 Å². The number of aliphatic hydroxyl groups excluding tert-OH is 2. The summed E-state index contributed by atoms with van der Waals surface area (Å²) < 4.78 is 10.4. The number of carbonyl (C=O) groups excluding carboxylic acids is 1. The number of ether oxygens (including phenoxy) is 2. The molecule has 1 aliphatic carbocycles. The van der Waals surface area contributed by atoms with Gasteiger partial charge in [-0.15, -0.1) is 0 Å². The molecule has 0 aromatic carbocycles. The summed E-state index contributed by atoms with van der Waals surface area (Å²) in [6.45, 7) is 12.7. The Balaban J connectivity index is -0.000000595. The maximum atomic E-state index is 11.4. The molecule has 5 heteroatoms. The Hall–Kier alpha value is -0.650. The minimum absolute atomic E-state index is 0.0401. The first-order valence-corrected chi connectivity index (χ1v) is 8.76. The molecular weight excluding hydrogens is 296 g/mol. The molecule has 2 atom stereocenters. The summed E-state index contributed by atoms with van der Waals surface area (Å²) in [7, 11) is 2.43. The van der Waals surface area contributed by atoms with Crippen LogP contribution >= 0.6 is 0 Å². The van der Waals surface area contributed by atoms with E-state index in [9.17, 15) is 4.79 Å². The fourth-order valence-corrected chi connectivity index (χ4v) is 2.70. The second-order valence-electron chi connectivity index (χ2n) is 5.31. The van der Waals surface area contributed by atoms with Crippen molar-refractivity contribution >= 4 is 5.97 Å². The first-order chi connectivity index (χ1) is 11.0. The number of methoxy groups -OCH3 is 1. The average molecular weight is 337 g/mol. The molecule has 1 rings (SSSR count). The maximum Gasteiger partial charge on any atom is 0.305 e. The van der Waals surface area contributed by atoms with Crippen LogP contribution in [0, 0.1) is 11.3 Å². The molecule has 2 unspecified atom stereocenters. The molecule has 0 amide bonds. The molecule has 0 aliphatic heterocycles.